The van der Waals surface area contributed by atoms with Crippen LogP contribution in [0.5, 0.6) is 0 Å². The average Bonchev–Trinajstić information content (AvgIpc) is 3.39. The van der Waals surface area contributed by atoms with Gasteiger partial charge in [0.1, 0.15) is 6.33 Å². The summed E-state index contributed by atoms with van der Waals surface area (Å²) in [5.41, 5.74) is 4.33. The number of thiazole rings is 1. The van der Waals surface area contributed by atoms with E-state index in [4.69, 9.17) is 0 Å². The van der Waals surface area contributed by atoms with Crippen molar-refractivity contribution < 1.29 is 4.79 Å². The SMILES string of the molecule is CCCc1ccc(-c2nc(NC(=O)c3ccccc3-n3cnnn3)sc2C)cc1. The lowest BCUT2D eigenvalue weighted by atomic mass is 10.1. The predicted octanol–water partition coefficient (Wildman–Crippen LogP) is 4.30. The van der Waals surface area contributed by atoms with E-state index in [1.54, 1.807) is 18.2 Å². The van der Waals surface area contributed by atoms with Gasteiger partial charge in [-0.05, 0) is 41.5 Å². The second-order valence-electron chi connectivity index (χ2n) is 6.60. The molecule has 0 fully saturated rings. The molecular weight excluding hydrogens is 384 g/mol. The van der Waals surface area contributed by atoms with E-state index in [2.05, 4.69) is 57.0 Å². The van der Waals surface area contributed by atoms with Gasteiger partial charge in [-0.25, -0.2) is 4.98 Å². The molecule has 0 atom stereocenters. The number of hydrogen-bond donors (Lipinski definition) is 1. The smallest absolute Gasteiger partial charge is 0.259 e. The van der Waals surface area contributed by atoms with E-state index in [9.17, 15) is 4.79 Å². The Morgan fingerprint density at radius 1 is 1.14 bits per heavy atom. The van der Waals surface area contributed by atoms with Crippen molar-refractivity contribution in [1.29, 1.82) is 0 Å². The van der Waals surface area contributed by atoms with Crippen molar-refractivity contribution in [1.82, 2.24) is 25.2 Å². The summed E-state index contributed by atoms with van der Waals surface area (Å²) in [5.74, 6) is -0.255. The largest absolute Gasteiger partial charge is 0.298 e. The van der Waals surface area contributed by atoms with Gasteiger partial charge in [-0.3, -0.25) is 10.1 Å². The number of nitrogens with zero attached hydrogens (tertiary/aromatic N) is 5. The first kappa shape index (κ1) is 18.9. The highest BCUT2D eigenvalue weighted by Gasteiger charge is 2.17. The maximum atomic E-state index is 12.9. The van der Waals surface area contributed by atoms with Crippen molar-refractivity contribution in [3.63, 3.8) is 0 Å². The number of nitrogens with one attached hydrogen (secondary N) is 1. The Morgan fingerprint density at radius 3 is 2.66 bits per heavy atom. The summed E-state index contributed by atoms with van der Waals surface area (Å²) in [5, 5.41) is 14.6. The molecule has 2 aromatic heterocycles. The second-order valence-corrected chi connectivity index (χ2v) is 7.80. The van der Waals surface area contributed by atoms with Crippen LogP contribution in [0.15, 0.2) is 54.9 Å². The lowest BCUT2D eigenvalue weighted by Gasteiger charge is -2.07. The number of tetrazole rings is 1. The summed E-state index contributed by atoms with van der Waals surface area (Å²) in [7, 11) is 0. The second kappa shape index (κ2) is 8.32. The van der Waals surface area contributed by atoms with Gasteiger partial charge in [-0.2, -0.15) is 4.68 Å². The van der Waals surface area contributed by atoms with E-state index in [1.807, 2.05) is 13.0 Å². The molecule has 2 heterocycles. The van der Waals surface area contributed by atoms with Crippen molar-refractivity contribution in [2.45, 2.75) is 26.7 Å². The third-order valence-corrected chi connectivity index (χ3v) is 5.41. The van der Waals surface area contributed by atoms with Crippen molar-refractivity contribution in [3.8, 4) is 16.9 Å². The van der Waals surface area contributed by atoms with Gasteiger partial charge in [-0.1, -0.05) is 49.7 Å². The zero-order valence-electron chi connectivity index (χ0n) is 16.2. The molecule has 4 aromatic rings. The number of aromatic nitrogens is 5. The van der Waals surface area contributed by atoms with E-state index >= 15 is 0 Å². The van der Waals surface area contributed by atoms with Crippen LogP contribution in [0, 0.1) is 6.92 Å². The van der Waals surface area contributed by atoms with Crippen molar-refractivity contribution in [2.75, 3.05) is 5.32 Å². The predicted molar refractivity (Wildman–Crippen MR) is 113 cm³/mol. The van der Waals surface area contributed by atoms with Crippen LogP contribution >= 0.6 is 11.3 Å². The summed E-state index contributed by atoms with van der Waals surface area (Å²) >= 11 is 1.46. The molecule has 8 heteroatoms. The number of anilines is 1. The summed E-state index contributed by atoms with van der Waals surface area (Å²) in [4.78, 5) is 18.6. The van der Waals surface area contributed by atoms with Crippen molar-refractivity contribution in [2.24, 2.45) is 0 Å². The molecule has 0 aliphatic heterocycles. The molecular formula is C21H20N6OS. The van der Waals surface area contributed by atoms with Crippen LogP contribution in [0.25, 0.3) is 16.9 Å². The third kappa shape index (κ3) is 4.07. The summed E-state index contributed by atoms with van der Waals surface area (Å²) in [6.07, 6.45) is 3.65. The van der Waals surface area contributed by atoms with E-state index in [1.165, 1.54) is 27.9 Å². The Morgan fingerprint density at radius 2 is 1.93 bits per heavy atom. The molecule has 29 heavy (non-hydrogen) atoms. The molecule has 7 nitrogen and oxygen atoms in total. The fourth-order valence-corrected chi connectivity index (χ4v) is 3.97. The molecule has 2 aromatic carbocycles. The molecule has 0 saturated carbocycles. The number of carbonyl (C=O) groups is 1. The van der Waals surface area contributed by atoms with Crippen LogP contribution in [0.2, 0.25) is 0 Å². The quantitative estimate of drug-likeness (QED) is 0.518. The number of aryl methyl sites for hydroxylation is 2. The zero-order valence-corrected chi connectivity index (χ0v) is 17.0. The van der Waals surface area contributed by atoms with Crippen LogP contribution in [-0.4, -0.2) is 31.1 Å². The Kier molecular flexibility index (Phi) is 5.44. The molecule has 1 N–H and O–H groups in total. The van der Waals surface area contributed by atoms with E-state index in [0.717, 1.165) is 29.0 Å². The summed E-state index contributed by atoms with van der Waals surface area (Å²) in [6.45, 7) is 4.18. The number of amides is 1. The minimum atomic E-state index is -0.255. The van der Waals surface area contributed by atoms with Crippen LogP contribution in [0.4, 0.5) is 5.13 Å². The maximum Gasteiger partial charge on any atom is 0.259 e. The lowest BCUT2D eigenvalue weighted by molar-refractivity contribution is 0.102. The van der Waals surface area contributed by atoms with Crippen LogP contribution in [0.1, 0.15) is 34.1 Å². The molecule has 0 saturated heterocycles. The topological polar surface area (TPSA) is 85.6 Å². The van der Waals surface area contributed by atoms with E-state index in [-0.39, 0.29) is 5.91 Å². The number of para-hydroxylation sites is 1. The highest BCUT2D eigenvalue weighted by Crippen LogP contribution is 2.31. The van der Waals surface area contributed by atoms with Crippen LogP contribution in [-0.2, 0) is 6.42 Å². The molecule has 0 aliphatic rings. The van der Waals surface area contributed by atoms with Gasteiger partial charge in [0.25, 0.3) is 5.91 Å². The Hall–Kier alpha value is -3.39. The highest BCUT2D eigenvalue weighted by molar-refractivity contribution is 7.16. The number of benzene rings is 2. The van der Waals surface area contributed by atoms with Gasteiger partial charge in [0.2, 0.25) is 0 Å². The molecule has 0 aliphatic carbocycles. The average molecular weight is 404 g/mol. The van der Waals surface area contributed by atoms with E-state index in [0.29, 0.717) is 16.4 Å². The van der Waals surface area contributed by atoms with Crippen molar-refractivity contribution >= 4 is 22.4 Å². The molecule has 0 spiro atoms. The normalized spacial score (nSPS) is 10.8. The van der Waals surface area contributed by atoms with Crippen molar-refractivity contribution in [3.05, 3.63) is 70.9 Å². The van der Waals surface area contributed by atoms with Gasteiger partial charge < -0.3 is 0 Å². The molecule has 0 unspecified atom stereocenters. The van der Waals surface area contributed by atoms with Gasteiger partial charge in [0.15, 0.2) is 5.13 Å². The number of hydrogen-bond acceptors (Lipinski definition) is 6. The van der Waals surface area contributed by atoms with Gasteiger partial charge in [-0.15, -0.1) is 16.4 Å². The lowest BCUT2D eigenvalue weighted by Crippen LogP contribution is -2.15. The molecule has 146 valence electrons. The maximum absolute atomic E-state index is 12.9. The van der Waals surface area contributed by atoms with Gasteiger partial charge in [0.05, 0.1) is 16.9 Å². The van der Waals surface area contributed by atoms with E-state index < -0.39 is 0 Å². The zero-order chi connectivity index (χ0) is 20.2. The molecule has 0 bridgehead atoms. The Balaban J connectivity index is 1.57. The minimum Gasteiger partial charge on any atom is -0.298 e. The van der Waals surface area contributed by atoms with Crippen LogP contribution < -0.4 is 5.32 Å². The standard InChI is InChI=1S/C21H20N6OS/c1-3-6-15-9-11-16(12-10-15)19-14(2)29-21(23-19)24-20(28)17-7-4-5-8-18(17)27-13-22-25-26-27/h4-5,7-13H,3,6H2,1-2H3,(H,23,24,28). The third-order valence-electron chi connectivity index (χ3n) is 4.53. The Labute approximate surface area is 172 Å². The van der Waals surface area contributed by atoms with Crippen LogP contribution in [0.3, 0.4) is 0 Å². The number of carbonyl (C=O) groups excluding carboxylic acids is 1. The molecule has 0 radical (unpaired) electrons. The summed E-state index contributed by atoms with van der Waals surface area (Å²) in [6, 6.07) is 15.6. The highest BCUT2D eigenvalue weighted by atomic mass is 32.1. The summed E-state index contributed by atoms with van der Waals surface area (Å²) < 4.78 is 1.46. The minimum absolute atomic E-state index is 0.255. The fourth-order valence-electron chi connectivity index (χ4n) is 3.14. The first-order chi connectivity index (χ1) is 14.2. The fraction of sp³-hybridized carbons (Fsp3) is 0.190. The Bertz CT molecular complexity index is 1120. The number of rotatable bonds is 6. The monoisotopic (exact) mass is 404 g/mol. The van der Waals surface area contributed by atoms with Gasteiger partial charge >= 0.3 is 0 Å². The first-order valence-electron chi connectivity index (χ1n) is 9.36. The first-order valence-corrected chi connectivity index (χ1v) is 10.2. The molecule has 4 rings (SSSR count). The molecule has 1 amide bonds. The van der Waals surface area contributed by atoms with Gasteiger partial charge in [0, 0.05) is 10.4 Å².